The van der Waals surface area contributed by atoms with Gasteiger partial charge < -0.3 is 10.6 Å². The number of hydrogen-bond donors (Lipinski definition) is 2. The topological polar surface area (TPSA) is 36.4 Å². The molecule has 0 saturated carbocycles. The summed E-state index contributed by atoms with van der Waals surface area (Å²) in [5.41, 5.74) is 0.646. The van der Waals surface area contributed by atoms with Crippen LogP contribution in [0.25, 0.3) is 0 Å². The van der Waals surface area contributed by atoms with Crippen LogP contribution < -0.4 is 10.6 Å². The summed E-state index contributed by atoms with van der Waals surface area (Å²) in [6, 6.07) is 4.45. The van der Waals surface area contributed by atoms with Crippen molar-refractivity contribution in [3.8, 4) is 0 Å². The van der Waals surface area contributed by atoms with E-state index in [0.717, 1.165) is 6.07 Å². The molecule has 1 aromatic rings. The number of nitrogens with zero attached hydrogens (tertiary/aromatic N) is 1. The molecule has 0 aromatic heterocycles. The Labute approximate surface area is 98.9 Å². The van der Waals surface area contributed by atoms with E-state index >= 15 is 0 Å². The minimum Gasteiger partial charge on any atom is -0.352 e. The Balaban J connectivity index is 2.02. The van der Waals surface area contributed by atoms with Crippen LogP contribution in [0.4, 0.5) is 8.78 Å². The Morgan fingerprint density at radius 2 is 1.76 bits per heavy atom. The number of benzene rings is 1. The Hall–Kier alpha value is -1.65. The maximum absolute atomic E-state index is 12.9. The summed E-state index contributed by atoms with van der Waals surface area (Å²) in [7, 11) is 0. The fraction of sp³-hybridized carbons (Fsp3) is 0.417. The van der Waals surface area contributed by atoms with E-state index in [2.05, 4.69) is 29.5 Å². The van der Waals surface area contributed by atoms with E-state index in [-0.39, 0.29) is 0 Å². The molecule has 1 fully saturated rings. The van der Waals surface area contributed by atoms with Gasteiger partial charge in [-0.15, -0.1) is 0 Å². The molecule has 0 spiro atoms. The third kappa shape index (κ3) is 2.72. The number of hydrogen-bond acceptors (Lipinski definition) is 1. The molecule has 2 atom stereocenters. The lowest BCUT2D eigenvalue weighted by molar-refractivity contribution is 0.507. The molecule has 0 unspecified atom stereocenters. The SMILES string of the molecule is C[C@@H]1NC(=NCc2ccc(F)c(F)c2)N[C@@H]1C. The summed E-state index contributed by atoms with van der Waals surface area (Å²) in [6.07, 6.45) is 0. The highest BCUT2D eigenvalue weighted by molar-refractivity contribution is 5.82. The standard InChI is InChI=1S/C12H15F2N3/c1-7-8(2)17-12(16-7)15-6-9-3-4-10(13)11(14)5-9/h3-5,7-8H,6H2,1-2H3,(H2,15,16,17)/t7-,8+. The van der Waals surface area contributed by atoms with Crippen molar-refractivity contribution in [1.29, 1.82) is 0 Å². The summed E-state index contributed by atoms with van der Waals surface area (Å²) < 4.78 is 25.7. The first-order chi connectivity index (χ1) is 8.06. The molecule has 0 amide bonds. The van der Waals surface area contributed by atoms with E-state index in [0.29, 0.717) is 30.2 Å². The van der Waals surface area contributed by atoms with Crippen LogP contribution in [0.15, 0.2) is 23.2 Å². The predicted molar refractivity (Wildman–Crippen MR) is 62.7 cm³/mol. The zero-order valence-corrected chi connectivity index (χ0v) is 9.80. The Morgan fingerprint density at radius 1 is 1.12 bits per heavy atom. The Morgan fingerprint density at radius 3 is 2.35 bits per heavy atom. The third-order valence-corrected chi connectivity index (χ3v) is 2.88. The second-order valence-electron chi connectivity index (χ2n) is 4.28. The average molecular weight is 239 g/mol. The third-order valence-electron chi connectivity index (χ3n) is 2.88. The summed E-state index contributed by atoms with van der Waals surface area (Å²) in [4.78, 5) is 4.27. The van der Waals surface area contributed by atoms with Gasteiger partial charge in [-0.1, -0.05) is 6.07 Å². The van der Waals surface area contributed by atoms with Crippen molar-refractivity contribution in [2.75, 3.05) is 0 Å². The minimum atomic E-state index is -0.836. The quantitative estimate of drug-likeness (QED) is 0.825. The highest BCUT2D eigenvalue weighted by atomic mass is 19.2. The molecule has 1 saturated heterocycles. The van der Waals surface area contributed by atoms with Gasteiger partial charge in [0.2, 0.25) is 0 Å². The van der Waals surface area contributed by atoms with Crippen LogP contribution >= 0.6 is 0 Å². The van der Waals surface area contributed by atoms with Crippen LogP contribution in [-0.4, -0.2) is 18.0 Å². The van der Waals surface area contributed by atoms with Crippen LogP contribution in [0, 0.1) is 11.6 Å². The van der Waals surface area contributed by atoms with Gasteiger partial charge in [-0.2, -0.15) is 0 Å². The molecule has 1 aliphatic rings. The van der Waals surface area contributed by atoms with E-state index < -0.39 is 11.6 Å². The fourth-order valence-corrected chi connectivity index (χ4v) is 1.62. The van der Waals surface area contributed by atoms with Crippen LogP contribution in [0.3, 0.4) is 0 Å². The van der Waals surface area contributed by atoms with Crippen molar-refractivity contribution in [2.24, 2.45) is 4.99 Å². The molecule has 2 rings (SSSR count). The Kier molecular flexibility index (Phi) is 3.26. The molecule has 5 heteroatoms. The predicted octanol–water partition coefficient (Wildman–Crippen LogP) is 1.79. The van der Waals surface area contributed by atoms with Crippen LogP contribution in [0.5, 0.6) is 0 Å². The van der Waals surface area contributed by atoms with Gasteiger partial charge in [0.15, 0.2) is 17.6 Å². The zero-order chi connectivity index (χ0) is 12.4. The maximum Gasteiger partial charge on any atom is 0.192 e. The molecule has 0 aliphatic carbocycles. The average Bonchev–Trinajstić information content (AvgIpc) is 2.60. The summed E-state index contributed by atoms with van der Waals surface area (Å²) in [5, 5.41) is 6.34. The first-order valence-corrected chi connectivity index (χ1v) is 5.57. The zero-order valence-electron chi connectivity index (χ0n) is 9.80. The molecule has 1 aromatic carbocycles. The normalized spacial score (nSPS) is 25.8. The molecule has 1 aliphatic heterocycles. The lowest BCUT2D eigenvalue weighted by Gasteiger charge is -2.04. The van der Waals surface area contributed by atoms with Gasteiger partial charge in [-0.25, -0.2) is 13.8 Å². The smallest absolute Gasteiger partial charge is 0.192 e. The molecular weight excluding hydrogens is 224 g/mol. The van der Waals surface area contributed by atoms with E-state index in [9.17, 15) is 8.78 Å². The minimum absolute atomic E-state index is 0.318. The molecule has 17 heavy (non-hydrogen) atoms. The van der Waals surface area contributed by atoms with Gasteiger partial charge in [-0.05, 0) is 31.5 Å². The molecule has 0 bridgehead atoms. The van der Waals surface area contributed by atoms with Crippen LogP contribution in [0.1, 0.15) is 19.4 Å². The second kappa shape index (κ2) is 4.69. The van der Waals surface area contributed by atoms with Crippen LogP contribution in [-0.2, 0) is 6.54 Å². The van der Waals surface area contributed by atoms with Gasteiger partial charge in [0.25, 0.3) is 0 Å². The van der Waals surface area contributed by atoms with Crippen molar-refractivity contribution < 1.29 is 8.78 Å². The largest absolute Gasteiger partial charge is 0.352 e. The lowest BCUT2D eigenvalue weighted by atomic mass is 10.2. The van der Waals surface area contributed by atoms with E-state index in [1.54, 1.807) is 0 Å². The van der Waals surface area contributed by atoms with Crippen molar-refractivity contribution in [3.63, 3.8) is 0 Å². The van der Waals surface area contributed by atoms with E-state index in [1.807, 2.05) is 0 Å². The molecule has 2 N–H and O–H groups in total. The highest BCUT2D eigenvalue weighted by Gasteiger charge is 2.21. The number of aliphatic imine (C=N–C) groups is 1. The summed E-state index contributed by atoms with van der Waals surface area (Å²) >= 11 is 0. The first-order valence-electron chi connectivity index (χ1n) is 5.57. The van der Waals surface area contributed by atoms with Crippen molar-refractivity contribution in [3.05, 3.63) is 35.4 Å². The monoisotopic (exact) mass is 239 g/mol. The number of guanidine groups is 1. The van der Waals surface area contributed by atoms with Crippen molar-refractivity contribution >= 4 is 5.96 Å². The fourth-order valence-electron chi connectivity index (χ4n) is 1.62. The first kappa shape index (κ1) is 11.8. The molecule has 92 valence electrons. The number of rotatable bonds is 2. The van der Waals surface area contributed by atoms with E-state index in [1.165, 1.54) is 12.1 Å². The molecule has 0 radical (unpaired) electrons. The van der Waals surface area contributed by atoms with Gasteiger partial charge in [0.05, 0.1) is 6.54 Å². The summed E-state index contributed by atoms with van der Waals surface area (Å²) in [5.74, 6) is -0.965. The van der Waals surface area contributed by atoms with Gasteiger partial charge >= 0.3 is 0 Å². The van der Waals surface area contributed by atoms with Gasteiger partial charge in [-0.3, -0.25) is 0 Å². The number of nitrogens with one attached hydrogen (secondary N) is 2. The second-order valence-corrected chi connectivity index (χ2v) is 4.28. The maximum atomic E-state index is 12.9. The highest BCUT2D eigenvalue weighted by Crippen LogP contribution is 2.10. The number of halogens is 2. The molecule has 3 nitrogen and oxygen atoms in total. The molecular formula is C12H15F2N3. The Bertz CT molecular complexity index is 433. The van der Waals surface area contributed by atoms with Crippen molar-refractivity contribution in [1.82, 2.24) is 10.6 Å². The van der Waals surface area contributed by atoms with Crippen LogP contribution in [0.2, 0.25) is 0 Å². The summed E-state index contributed by atoms with van der Waals surface area (Å²) in [6.45, 7) is 4.43. The van der Waals surface area contributed by atoms with Gasteiger partial charge in [0, 0.05) is 12.1 Å². The van der Waals surface area contributed by atoms with E-state index in [4.69, 9.17) is 0 Å². The lowest BCUT2D eigenvalue weighted by Crippen LogP contribution is -2.26. The van der Waals surface area contributed by atoms with Gasteiger partial charge in [0.1, 0.15) is 0 Å². The molecule has 1 heterocycles. The van der Waals surface area contributed by atoms with Crippen molar-refractivity contribution in [2.45, 2.75) is 32.5 Å².